The molecule has 0 heterocycles. The number of hydrogen-bond donors (Lipinski definition) is 3. The lowest BCUT2D eigenvalue weighted by atomic mass is 10.2. The Morgan fingerprint density at radius 1 is 0.833 bits per heavy atom. The molecule has 3 rings (SSSR count). The van der Waals surface area contributed by atoms with E-state index in [-0.39, 0.29) is 10.0 Å². The van der Waals surface area contributed by atoms with E-state index in [1.807, 2.05) is 0 Å². The Balaban J connectivity index is 1.84. The van der Waals surface area contributed by atoms with Gasteiger partial charge >= 0.3 is 0 Å². The quantitative estimate of drug-likeness (QED) is 0.346. The SMILES string of the molecule is Cc1ccc(NC(=S)Nc2ccc(Cl)c(Cl)c2)c(S(=O)(=O)Nc2ccc(Cl)cc2)c1. The van der Waals surface area contributed by atoms with Crippen LogP contribution in [0, 0.1) is 6.92 Å². The molecule has 0 radical (unpaired) electrons. The van der Waals surface area contributed by atoms with Gasteiger partial charge in [-0.3, -0.25) is 4.72 Å². The van der Waals surface area contributed by atoms with Crippen molar-refractivity contribution in [3.8, 4) is 0 Å². The van der Waals surface area contributed by atoms with Crippen molar-refractivity contribution in [3.63, 3.8) is 0 Å². The van der Waals surface area contributed by atoms with Crippen molar-refractivity contribution in [3.05, 3.63) is 81.3 Å². The Labute approximate surface area is 195 Å². The highest BCUT2D eigenvalue weighted by Gasteiger charge is 2.20. The zero-order chi connectivity index (χ0) is 21.9. The van der Waals surface area contributed by atoms with E-state index in [0.29, 0.717) is 32.1 Å². The number of nitrogens with one attached hydrogen (secondary N) is 3. The standard InChI is InChI=1S/C20H16Cl3N3O2S2/c1-12-2-9-18(25-20(29)24-15-7-8-16(22)17(23)11-15)19(10-12)30(27,28)26-14-5-3-13(21)4-6-14/h2-11,26H,1H3,(H2,24,25,29). The number of thiocarbonyl (C=S) groups is 1. The number of aryl methyl sites for hydroxylation is 1. The van der Waals surface area contributed by atoms with Gasteiger partial charge in [0.2, 0.25) is 0 Å². The first-order chi connectivity index (χ1) is 14.1. The molecule has 0 aromatic heterocycles. The minimum atomic E-state index is -3.89. The maximum Gasteiger partial charge on any atom is 0.263 e. The molecule has 0 bridgehead atoms. The van der Waals surface area contributed by atoms with Crippen molar-refractivity contribution in [1.29, 1.82) is 0 Å². The molecule has 0 fully saturated rings. The van der Waals surface area contributed by atoms with Crippen LogP contribution in [0.2, 0.25) is 15.1 Å². The third-order valence-electron chi connectivity index (χ3n) is 3.95. The number of benzene rings is 3. The zero-order valence-corrected chi connectivity index (χ0v) is 19.4. The van der Waals surface area contributed by atoms with Gasteiger partial charge in [-0.2, -0.15) is 0 Å². The van der Waals surface area contributed by atoms with Crippen LogP contribution in [0.5, 0.6) is 0 Å². The molecule has 0 aliphatic carbocycles. The van der Waals surface area contributed by atoms with E-state index >= 15 is 0 Å². The highest BCUT2D eigenvalue weighted by Crippen LogP contribution is 2.27. The molecule has 0 spiro atoms. The van der Waals surface area contributed by atoms with Crippen molar-refractivity contribution >= 4 is 79.2 Å². The second kappa shape index (κ2) is 9.41. The van der Waals surface area contributed by atoms with Crippen molar-refractivity contribution in [2.75, 3.05) is 15.4 Å². The second-order valence-electron chi connectivity index (χ2n) is 6.32. The van der Waals surface area contributed by atoms with Crippen LogP contribution < -0.4 is 15.4 Å². The first kappa shape index (κ1) is 22.7. The van der Waals surface area contributed by atoms with Crippen molar-refractivity contribution in [2.24, 2.45) is 0 Å². The van der Waals surface area contributed by atoms with Gasteiger partial charge in [-0.25, -0.2) is 8.42 Å². The van der Waals surface area contributed by atoms with Gasteiger partial charge in [-0.05, 0) is 79.3 Å². The van der Waals surface area contributed by atoms with Crippen LogP contribution in [0.1, 0.15) is 5.56 Å². The van der Waals surface area contributed by atoms with Gasteiger partial charge in [0, 0.05) is 16.4 Å². The third-order valence-corrected chi connectivity index (χ3v) is 6.57. The van der Waals surface area contributed by atoms with Gasteiger partial charge in [-0.1, -0.05) is 40.9 Å². The fourth-order valence-corrected chi connectivity index (χ4v) is 4.50. The van der Waals surface area contributed by atoms with E-state index in [0.717, 1.165) is 5.56 Å². The number of rotatable bonds is 5. The second-order valence-corrected chi connectivity index (χ2v) is 9.63. The van der Waals surface area contributed by atoms with Gasteiger partial charge in [0.15, 0.2) is 5.11 Å². The van der Waals surface area contributed by atoms with Gasteiger partial charge in [0.05, 0.1) is 15.7 Å². The monoisotopic (exact) mass is 499 g/mol. The van der Waals surface area contributed by atoms with Crippen LogP contribution in [0.3, 0.4) is 0 Å². The van der Waals surface area contributed by atoms with Gasteiger partial charge in [0.25, 0.3) is 10.0 Å². The largest absolute Gasteiger partial charge is 0.332 e. The summed E-state index contributed by atoms with van der Waals surface area (Å²) >= 11 is 23.1. The summed E-state index contributed by atoms with van der Waals surface area (Å²) in [5.41, 5.74) is 2.10. The van der Waals surface area contributed by atoms with E-state index in [4.69, 9.17) is 47.0 Å². The Hall–Kier alpha value is -2.03. The lowest BCUT2D eigenvalue weighted by Crippen LogP contribution is -2.22. The number of anilines is 3. The topological polar surface area (TPSA) is 70.2 Å². The predicted molar refractivity (Wildman–Crippen MR) is 130 cm³/mol. The normalized spacial score (nSPS) is 11.1. The Bertz CT molecular complexity index is 1200. The summed E-state index contributed by atoms with van der Waals surface area (Å²) in [6, 6.07) is 16.3. The highest BCUT2D eigenvalue weighted by molar-refractivity contribution is 7.93. The average molecular weight is 501 g/mol. The molecule has 3 aromatic rings. The summed E-state index contributed by atoms with van der Waals surface area (Å²) in [6.45, 7) is 1.80. The molecular weight excluding hydrogens is 485 g/mol. The summed E-state index contributed by atoms with van der Waals surface area (Å²) in [5.74, 6) is 0. The fourth-order valence-electron chi connectivity index (χ4n) is 2.54. The fraction of sp³-hybridized carbons (Fsp3) is 0.0500. The van der Waals surface area contributed by atoms with Crippen LogP contribution in [-0.2, 0) is 10.0 Å². The minimum Gasteiger partial charge on any atom is -0.332 e. The molecule has 3 aromatic carbocycles. The Kier molecular flexibility index (Phi) is 7.10. The summed E-state index contributed by atoms with van der Waals surface area (Å²) in [6.07, 6.45) is 0. The molecule has 0 saturated heterocycles. The average Bonchev–Trinajstić information content (AvgIpc) is 2.68. The van der Waals surface area contributed by atoms with Crippen molar-refractivity contribution in [1.82, 2.24) is 0 Å². The van der Waals surface area contributed by atoms with Gasteiger partial charge in [-0.15, -0.1) is 0 Å². The molecule has 0 aliphatic rings. The molecule has 0 saturated carbocycles. The maximum absolute atomic E-state index is 13.0. The lowest BCUT2D eigenvalue weighted by Gasteiger charge is -2.16. The van der Waals surface area contributed by atoms with Crippen molar-refractivity contribution < 1.29 is 8.42 Å². The molecule has 0 amide bonds. The summed E-state index contributed by atoms with van der Waals surface area (Å²) in [7, 11) is -3.89. The number of halogens is 3. The van der Waals surface area contributed by atoms with Crippen molar-refractivity contribution in [2.45, 2.75) is 11.8 Å². The summed E-state index contributed by atoms with van der Waals surface area (Å²) in [5, 5.41) is 7.37. The van der Waals surface area contributed by atoms with Crippen LogP contribution in [0.25, 0.3) is 0 Å². The lowest BCUT2D eigenvalue weighted by molar-refractivity contribution is 0.601. The molecule has 0 atom stereocenters. The minimum absolute atomic E-state index is 0.0516. The first-order valence-corrected chi connectivity index (χ1v) is 11.6. The molecule has 3 N–H and O–H groups in total. The van der Waals surface area contributed by atoms with E-state index in [1.165, 1.54) is 0 Å². The molecule has 5 nitrogen and oxygen atoms in total. The van der Waals surface area contributed by atoms with Crippen LogP contribution in [-0.4, -0.2) is 13.5 Å². The first-order valence-electron chi connectivity index (χ1n) is 8.56. The van der Waals surface area contributed by atoms with E-state index in [9.17, 15) is 8.42 Å². The Morgan fingerprint density at radius 3 is 2.17 bits per heavy atom. The zero-order valence-electron chi connectivity index (χ0n) is 15.5. The van der Waals surface area contributed by atoms with Crippen LogP contribution >= 0.6 is 47.0 Å². The number of hydrogen-bond acceptors (Lipinski definition) is 3. The maximum atomic E-state index is 13.0. The summed E-state index contributed by atoms with van der Waals surface area (Å²) in [4.78, 5) is 0.0516. The molecule has 0 aliphatic heterocycles. The van der Waals surface area contributed by atoms with Gasteiger partial charge in [0.1, 0.15) is 4.90 Å². The molecule has 30 heavy (non-hydrogen) atoms. The number of sulfonamides is 1. The van der Waals surface area contributed by atoms with E-state index in [1.54, 1.807) is 67.6 Å². The highest BCUT2D eigenvalue weighted by atomic mass is 35.5. The van der Waals surface area contributed by atoms with Crippen LogP contribution in [0.15, 0.2) is 65.6 Å². The molecule has 0 unspecified atom stereocenters. The van der Waals surface area contributed by atoms with E-state index < -0.39 is 10.0 Å². The predicted octanol–water partition coefficient (Wildman–Crippen LogP) is 6.56. The smallest absolute Gasteiger partial charge is 0.263 e. The summed E-state index contributed by atoms with van der Waals surface area (Å²) < 4.78 is 28.5. The molecule has 10 heteroatoms. The molecule has 156 valence electrons. The Morgan fingerprint density at radius 2 is 1.50 bits per heavy atom. The van der Waals surface area contributed by atoms with Crippen LogP contribution in [0.4, 0.5) is 17.1 Å². The van der Waals surface area contributed by atoms with E-state index in [2.05, 4.69) is 15.4 Å². The van der Waals surface area contributed by atoms with Gasteiger partial charge < -0.3 is 10.6 Å². The third kappa shape index (κ3) is 5.77. The molecular formula is C20H16Cl3N3O2S2.